The van der Waals surface area contributed by atoms with Crippen molar-refractivity contribution >= 4 is 22.5 Å². The van der Waals surface area contributed by atoms with E-state index in [1.165, 1.54) is 0 Å². The normalized spacial score (nSPS) is 9.85. The first kappa shape index (κ1) is 7.96. The first-order chi connectivity index (χ1) is 6.33. The second-order valence-electron chi connectivity index (χ2n) is 2.48. The standard InChI is InChI=1S/C9H4ClN3/c10-9-7(4-11)8-6(5-13-9)2-1-3-12-8/h1-3,5H. The van der Waals surface area contributed by atoms with E-state index in [0.717, 1.165) is 5.39 Å². The molecule has 0 aliphatic heterocycles. The van der Waals surface area contributed by atoms with Crippen LogP contribution in [0.4, 0.5) is 0 Å². The molecular weight excluding hydrogens is 186 g/mol. The van der Waals surface area contributed by atoms with Gasteiger partial charge in [0.15, 0.2) is 0 Å². The summed E-state index contributed by atoms with van der Waals surface area (Å²) in [5.41, 5.74) is 0.935. The smallest absolute Gasteiger partial charge is 0.149 e. The summed E-state index contributed by atoms with van der Waals surface area (Å²) in [5.74, 6) is 0. The lowest BCUT2D eigenvalue weighted by Crippen LogP contribution is -1.87. The Morgan fingerprint density at radius 3 is 3.00 bits per heavy atom. The number of hydrogen-bond acceptors (Lipinski definition) is 3. The molecule has 0 unspecified atom stereocenters. The van der Waals surface area contributed by atoms with E-state index in [1.807, 2.05) is 12.1 Å². The maximum absolute atomic E-state index is 8.80. The van der Waals surface area contributed by atoms with Gasteiger partial charge in [0.25, 0.3) is 0 Å². The SMILES string of the molecule is N#Cc1c(Cl)ncc2cccnc12. The highest BCUT2D eigenvalue weighted by molar-refractivity contribution is 6.31. The van der Waals surface area contributed by atoms with Gasteiger partial charge in [-0.05, 0) is 12.1 Å². The maximum atomic E-state index is 8.80. The van der Waals surface area contributed by atoms with Crippen molar-refractivity contribution in [1.29, 1.82) is 5.26 Å². The molecule has 0 fully saturated rings. The summed E-state index contributed by atoms with van der Waals surface area (Å²) >= 11 is 5.73. The van der Waals surface area contributed by atoms with E-state index >= 15 is 0 Å². The Morgan fingerprint density at radius 2 is 2.23 bits per heavy atom. The summed E-state index contributed by atoms with van der Waals surface area (Å²) in [6.45, 7) is 0. The molecule has 13 heavy (non-hydrogen) atoms. The number of nitrogens with zero attached hydrogens (tertiary/aromatic N) is 3. The number of fused-ring (bicyclic) bond motifs is 1. The fraction of sp³-hybridized carbons (Fsp3) is 0. The third kappa shape index (κ3) is 1.21. The fourth-order valence-corrected chi connectivity index (χ4v) is 1.30. The summed E-state index contributed by atoms with van der Waals surface area (Å²) < 4.78 is 0. The number of aromatic nitrogens is 2. The quantitative estimate of drug-likeness (QED) is 0.597. The van der Waals surface area contributed by atoms with Gasteiger partial charge in [0.1, 0.15) is 16.8 Å². The lowest BCUT2D eigenvalue weighted by Gasteiger charge is -1.98. The minimum atomic E-state index is 0.203. The van der Waals surface area contributed by atoms with Gasteiger partial charge in [0, 0.05) is 17.8 Å². The van der Waals surface area contributed by atoms with Crippen molar-refractivity contribution in [3.63, 3.8) is 0 Å². The van der Waals surface area contributed by atoms with Crippen LogP contribution in [0, 0.1) is 11.3 Å². The monoisotopic (exact) mass is 189 g/mol. The largest absolute Gasteiger partial charge is 0.255 e. The summed E-state index contributed by atoms with van der Waals surface area (Å²) in [5, 5.41) is 9.83. The maximum Gasteiger partial charge on any atom is 0.149 e. The number of nitriles is 1. The number of hydrogen-bond donors (Lipinski definition) is 0. The Balaban J connectivity index is 2.94. The van der Waals surface area contributed by atoms with Crippen molar-refractivity contribution in [3.8, 4) is 6.07 Å². The van der Waals surface area contributed by atoms with Crippen molar-refractivity contribution in [2.75, 3.05) is 0 Å². The Hall–Kier alpha value is -1.66. The van der Waals surface area contributed by atoms with Gasteiger partial charge in [-0.3, -0.25) is 4.98 Å². The number of pyridine rings is 2. The summed E-state index contributed by atoms with van der Waals surface area (Å²) in [4.78, 5) is 7.95. The molecule has 0 atom stereocenters. The summed E-state index contributed by atoms with van der Waals surface area (Å²) in [6.07, 6.45) is 3.23. The highest BCUT2D eigenvalue weighted by Gasteiger charge is 2.06. The molecule has 0 saturated carbocycles. The van der Waals surface area contributed by atoms with Crippen LogP contribution in [0.2, 0.25) is 5.15 Å². The third-order valence-electron chi connectivity index (χ3n) is 1.71. The predicted molar refractivity (Wildman–Crippen MR) is 49.3 cm³/mol. The molecule has 2 heterocycles. The second kappa shape index (κ2) is 3.00. The molecule has 0 radical (unpaired) electrons. The zero-order valence-electron chi connectivity index (χ0n) is 6.53. The Labute approximate surface area is 79.6 Å². The van der Waals surface area contributed by atoms with Crippen molar-refractivity contribution in [1.82, 2.24) is 9.97 Å². The Kier molecular flexibility index (Phi) is 1.84. The third-order valence-corrected chi connectivity index (χ3v) is 2.00. The van der Waals surface area contributed by atoms with Crippen LogP contribution in [0.25, 0.3) is 10.9 Å². The molecule has 0 amide bonds. The van der Waals surface area contributed by atoms with E-state index in [0.29, 0.717) is 11.1 Å². The number of rotatable bonds is 0. The molecule has 0 saturated heterocycles. The molecule has 0 aromatic carbocycles. The zero-order valence-corrected chi connectivity index (χ0v) is 7.28. The first-order valence-corrected chi connectivity index (χ1v) is 4.00. The van der Waals surface area contributed by atoms with Crippen LogP contribution in [-0.2, 0) is 0 Å². The minimum Gasteiger partial charge on any atom is -0.255 e. The van der Waals surface area contributed by atoms with Crippen molar-refractivity contribution < 1.29 is 0 Å². The molecule has 3 nitrogen and oxygen atoms in total. The molecule has 2 aromatic rings. The molecule has 2 rings (SSSR count). The zero-order chi connectivity index (χ0) is 9.26. The first-order valence-electron chi connectivity index (χ1n) is 3.62. The van der Waals surface area contributed by atoms with Crippen molar-refractivity contribution in [2.24, 2.45) is 0 Å². The van der Waals surface area contributed by atoms with E-state index in [4.69, 9.17) is 16.9 Å². The molecule has 2 aromatic heterocycles. The number of halogens is 1. The molecule has 0 spiro atoms. The fourth-order valence-electron chi connectivity index (χ4n) is 1.12. The van der Waals surface area contributed by atoms with Crippen LogP contribution in [0.3, 0.4) is 0 Å². The second-order valence-corrected chi connectivity index (χ2v) is 2.84. The van der Waals surface area contributed by atoms with Crippen LogP contribution in [-0.4, -0.2) is 9.97 Å². The summed E-state index contributed by atoms with van der Waals surface area (Å²) in [7, 11) is 0. The minimum absolute atomic E-state index is 0.203. The summed E-state index contributed by atoms with van der Waals surface area (Å²) in [6, 6.07) is 5.61. The van der Waals surface area contributed by atoms with Gasteiger partial charge in [0.05, 0.1) is 5.52 Å². The van der Waals surface area contributed by atoms with E-state index in [9.17, 15) is 0 Å². The average molecular weight is 190 g/mol. The lowest BCUT2D eigenvalue weighted by molar-refractivity contribution is 1.30. The van der Waals surface area contributed by atoms with Gasteiger partial charge in [-0.15, -0.1) is 0 Å². The van der Waals surface area contributed by atoms with E-state index in [-0.39, 0.29) is 5.15 Å². The molecule has 62 valence electrons. The molecule has 4 heteroatoms. The molecular formula is C9H4ClN3. The van der Waals surface area contributed by atoms with E-state index < -0.39 is 0 Å². The molecule has 0 N–H and O–H groups in total. The topological polar surface area (TPSA) is 49.6 Å². The van der Waals surface area contributed by atoms with Gasteiger partial charge in [0.2, 0.25) is 0 Å². The van der Waals surface area contributed by atoms with Crippen LogP contribution < -0.4 is 0 Å². The van der Waals surface area contributed by atoms with Gasteiger partial charge in [-0.1, -0.05) is 11.6 Å². The van der Waals surface area contributed by atoms with Gasteiger partial charge in [-0.2, -0.15) is 5.26 Å². The predicted octanol–water partition coefficient (Wildman–Crippen LogP) is 2.15. The van der Waals surface area contributed by atoms with Crippen LogP contribution in [0.15, 0.2) is 24.5 Å². The van der Waals surface area contributed by atoms with Crippen molar-refractivity contribution in [2.45, 2.75) is 0 Å². The van der Waals surface area contributed by atoms with Crippen LogP contribution in [0.5, 0.6) is 0 Å². The van der Waals surface area contributed by atoms with Gasteiger partial charge in [-0.25, -0.2) is 4.98 Å². The van der Waals surface area contributed by atoms with Gasteiger partial charge < -0.3 is 0 Å². The van der Waals surface area contributed by atoms with Crippen LogP contribution >= 0.6 is 11.6 Å². The van der Waals surface area contributed by atoms with Crippen LogP contribution in [0.1, 0.15) is 5.56 Å². The Morgan fingerprint density at radius 1 is 1.38 bits per heavy atom. The van der Waals surface area contributed by atoms with E-state index in [1.54, 1.807) is 18.5 Å². The van der Waals surface area contributed by atoms with Gasteiger partial charge >= 0.3 is 0 Å². The molecule has 0 aliphatic rings. The van der Waals surface area contributed by atoms with Crippen molar-refractivity contribution in [3.05, 3.63) is 35.2 Å². The highest BCUT2D eigenvalue weighted by atomic mass is 35.5. The van der Waals surface area contributed by atoms with E-state index in [2.05, 4.69) is 9.97 Å². The molecule has 0 bridgehead atoms. The average Bonchev–Trinajstić information content (AvgIpc) is 2.18. The Bertz CT molecular complexity index is 502. The highest BCUT2D eigenvalue weighted by Crippen LogP contribution is 2.20. The lowest BCUT2D eigenvalue weighted by atomic mass is 10.2. The molecule has 0 aliphatic carbocycles.